The summed E-state index contributed by atoms with van der Waals surface area (Å²) >= 11 is 0. The molecule has 4 rings (SSSR count). The molecule has 0 radical (unpaired) electrons. The number of nitrogens with zero attached hydrogens (tertiary/aromatic N) is 4. The molecule has 8 nitrogen and oxygen atoms in total. The van der Waals surface area contributed by atoms with Gasteiger partial charge in [0, 0.05) is 37.2 Å². The number of ether oxygens (including phenoxy) is 1. The molecule has 128 valence electrons. The number of hydrogen-bond donors (Lipinski definition) is 2. The zero-order chi connectivity index (χ0) is 17.1. The molecule has 1 atom stereocenters. The number of carbonyl (C=O) groups is 1. The summed E-state index contributed by atoms with van der Waals surface area (Å²) < 4.78 is 7.57. The molecule has 1 amide bonds. The number of fused-ring (bicyclic) bond motifs is 1. The summed E-state index contributed by atoms with van der Waals surface area (Å²) in [5.74, 6) is 0.480. The van der Waals surface area contributed by atoms with Crippen LogP contribution in [0.25, 0.3) is 5.65 Å². The highest BCUT2D eigenvalue weighted by molar-refractivity contribution is 5.99. The fraction of sp³-hybridized carbons (Fsp3) is 0.294. The van der Waals surface area contributed by atoms with Crippen LogP contribution in [-0.2, 0) is 6.54 Å². The second-order valence-corrected chi connectivity index (χ2v) is 5.84. The number of pyridine rings is 1. The highest BCUT2D eigenvalue weighted by Gasteiger charge is 2.18. The predicted molar refractivity (Wildman–Crippen MR) is 90.3 cm³/mol. The molecule has 1 aliphatic heterocycles. The van der Waals surface area contributed by atoms with E-state index in [4.69, 9.17) is 4.74 Å². The molecule has 0 aliphatic carbocycles. The van der Waals surface area contributed by atoms with Gasteiger partial charge in [0.2, 0.25) is 0 Å². The van der Waals surface area contributed by atoms with Crippen molar-refractivity contribution in [1.82, 2.24) is 30.2 Å². The van der Waals surface area contributed by atoms with Crippen molar-refractivity contribution < 1.29 is 9.53 Å². The van der Waals surface area contributed by atoms with Crippen molar-refractivity contribution in [3.05, 3.63) is 54.2 Å². The van der Waals surface area contributed by atoms with Gasteiger partial charge >= 0.3 is 0 Å². The lowest BCUT2D eigenvalue weighted by Crippen LogP contribution is -2.24. The Kier molecular flexibility index (Phi) is 4.26. The van der Waals surface area contributed by atoms with E-state index in [-0.39, 0.29) is 12.0 Å². The monoisotopic (exact) mass is 338 g/mol. The summed E-state index contributed by atoms with van der Waals surface area (Å²) in [5, 5.41) is 10.3. The topological polar surface area (TPSA) is 93.4 Å². The van der Waals surface area contributed by atoms with E-state index in [9.17, 15) is 4.79 Å². The molecule has 0 aromatic carbocycles. The van der Waals surface area contributed by atoms with E-state index in [1.165, 1.54) is 6.20 Å². The standard InChI is InChI=1S/C17H18N6O2/c24-17(14-10-22-23-7-1-4-20-16(14)23)21-8-12-2-5-19-11-15(12)25-13-3-6-18-9-13/h1-2,4-5,7,10-11,13,18H,3,6,8-9H2,(H,21,24)/t13-/m0/s1. The van der Waals surface area contributed by atoms with Gasteiger partial charge in [-0.05, 0) is 25.1 Å². The molecule has 1 fully saturated rings. The van der Waals surface area contributed by atoms with Crippen LogP contribution in [-0.4, -0.2) is 44.7 Å². The summed E-state index contributed by atoms with van der Waals surface area (Å²) in [7, 11) is 0. The fourth-order valence-electron chi connectivity index (χ4n) is 2.83. The number of rotatable bonds is 5. The number of nitrogens with one attached hydrogen (secondary N) is 2. The van der Waals surface area contributed by atoms with Gasteiger partial charge in [-0.3, -0.25) is 9.78 Å². The van der Waals surface area contributed by atoms with Crippen LogP contribution in [0.1, 0.15) is 22.3 Å². The second-order valence-electron chi connectivity index (χ2n) is 5.84. The minimum atomic E-state index is -0.223. The maximum absolute atomic E-state index is 12.5. The highest BCUT2D eigenvalue weighted by Crippen LogP contribution is 2.20. The van der Waals surface area contributed by atoms with Crippen LogP contribution >= 0.6 is 0 Å². The first-order valence-corrected chi connectivity index (χ1v) is 8.18. The molecule has 8 heteroatoms. The Bertz CT molecular complexity index is 887. The van der Waals surface area contributed by atoms with E-state index >= 15 is 0 Å². The van der Waals surface area contributed by atoms with Gasteiger partial charge in [-0.25, -0.2) is 9.50 Å². The van der Waals surface area contributed by atoms with Crippen molar-refractivity contribution in [1.29, 1.82) is 0 Å². The van der Waals surface area contributed by atoms with E-state index in [0.717, 1.165) is 25.1 Å². The average Bonchev–Trinajstić information content (AvgIpc) is 3.30. The van der Waals surface area contributed by atoms with Gasteiger partial charge in [-0.2, -0.15) is 5.10 Å². The maximum Gasteiger partial charge on any atom is 0.257 e. The molecule has 3 aromatic rings. The lowest BCUT2D eigenvalue weighted by molar-refractivity contribution is 0.0952. The summed E-state index contributed by atoms with van der Waals surface area (Å²) in [6, 6.07) is 3.62. The van der Waals surface area contributed by atoms with E-state index in [1.807, 2.05) is 6.07 Å². The summed E-state index contributed by atoms with van der Waals surface area (Å²) in [4.78, 5) is 20.8. The lowest BCUT2D eigenvalue weighted by Gasteiger charge is -2.15. The minimum absolute atomic E-state index is 0.141. The van der Waals surface area contributed by atoms with Gasteiger partial charge in [0.25, 0.3) is 5.91 Å². The molecule has 0 saturated carbocycles. The Hall–Kier alpha value is -3.00. The summed E-state index contributed by atoms with van der Waals surface area (Å²) in [6.07, 6.45) is 9.40. The van der Waals surface area contributed by atoms with E-state index in [1.54, 1.807) is 35.4 Å². The second kappa shape index (κ2) is 6.86. The van der Waals surface area contributed by atoms with Crippen LogP contribution in [0.3, 0.4) is 0 Å². The maximum atomic E-state index is 12.5. The molecule has 3 aromatic heterocycles. The Morgan fingerprint density at radius 3 is 3.24 bits per heavy atom. The molecular weight excluding hydrogens is 320 g/mol. The quantitative estimate of drug-likeness (QED) is 0.715. The smallest absolute Gasteiger partial charge is 0.257 e. The van der Waals surface area contributed by atoms with Crippen molar-refractivity contribution in [3.8, 4) is 5.75 Å². The molecule has 0 unspecified atom stereocenters. The zero-order valence-corrected chi connectivity index (χ0v) is 13.6. The normalized spacial score (nSPS) is 16.9. The third-order valence-corrected chi connectivity index (χ3v) is 4.14. The third kappa shape index (κ3) is 3.29. The lowest BCUT2D eigenvalue weighted by atomic mass is 10.2. The molecule has 0 bridgehead atoms. The van der Waals surface area contributed by atoms with Gasteiger partial charge in [-0.1, -0.05) is 0 Å². The zero-order valence-electron chi connectivity index (χ0n) is 13.6. The van der Waals surface area contributed by atoms with Gasteiger partial charge in [0.1, 0.15) is 17.4 Å². The molecule has 1 saturated heterocycles. The van der Waals surface area contributed by atoms with Gasteiger partial charge < -0.3 is 15.4 Å². The van der Waals surface area contributed by atoms with Crippen LogP contribution in [0.4, 0.5) is 0 Å². The van der Waals surface area contributed by atoms with Crippen molar-refractivity contribution in [3.63, 3.8) is 0 Å². The SMILES string of the molecule is O=C(NCc1ccncc1O[C@H]1CCNC1)c1cnn2cccnc12. The van der Waals surface area contributed by atoms with Crippen molar-refractivity contribution in [2.75, 3.05) is 13.1 Å². The van der Waals surface area contributed by atoms with Gasteiger partial charge in [-0.15, -0.1) is 0 Å². The molecule has 1 aliphatic rings. The molecule has 0 spiro atoms. The molecular formula is C17H18N6O2. The minimum Gasteiger partial charge on any atom is -0.487 e. The molecule has 2 N–H and O–H groups in total. The summed E-state index contributed by atoms with van der Waals surface area (Å²) in [5.41, 5.74) is 1.86. The van der Waals surface area contributed by atoms with Crippen LogP contribution in [0, 0.1) is 0 Å². The van der Waals surface area contributed by atoms with Crippen molar-refractivity contribution in [2.45, 2.75) is 19.1 Å². The van der Waals surface area contributed by atoms with Crippen molar-refractivity contribution >= 4 is 11.6 Å². The van der Waals surface area contributed by atoms with Gasteiger partial charge in [0.15, 0.2) is 5.65 Å². The van der Waals surface area contributed by atoms with E-state index < -0.39 is 0 Å². The first-order chi connectivity index (χ1) is 12.3. The average molecular weight is 338 g/mol. The Labute approximate surface area is 144 Å². The van der Waals surface area contributed by atoms with Crippen LogP contribution in [0.5, 0.6) is 5.75 Å². The number of hydrogen-bond acceptors (Lipinski definition) is 6. The van der Waals surface area contributed by atoms with E-state index in [0.29, 0.717) is 23.5 Å². The highest BCUT2D eigenvalue weighted by atomic mass is 16.5. The Morgan fingerprint density at radius 1 is 1.40 bits per heavy atom. The number of amides is 1. The predicted octanol–water partition coefficient (Wildman–Crippen LogP) is 0.795. The van der Waals surface area contributed by atoms with Gasteiger partial charge in [0.05, 0.1) is 12.4 Å². The number of carbonyl (C=O) groups excluding carboxylic acids is 1. The fourth-order valence-corrected chi connectivity index (χ4v) is 2.83. The Morgan fingerprint density at radius 2 is 2.36 bits per heavy atom. The molecule has 25 heavy (non-hydrogen) atoms. The first kappa shape index (κ1) is 15.5. The summed E-state index contributed by atoms with van der Waals surface area (Å²) in [6.45, 7) is 2.13. The molecule has 4 heterocycles. The third-order valence-electron chi connectivity index (χ3n) is 4.14. The number of aromatic nitrogens is 4. The van der Waals surface area contributed by atoms with Crippen LogP contribution < -0.4 is 15.4 Å². The van der Waals surface area contributed by atoms with Crippen LogP contribution in [0.2, 0.25) is 0 Å². The Balaban J connectivity index is 1.46. The van der Waals surface area contributed by atoms with Crippen LogP contribution in [0.15, 0.2) is 43.1 Å². The van der Waals surface area contributed by atoms with E-state index in [2.05, 4.69) is 25.7 Å². The largest absolute Gasteiger partial charge is 0.487 e. The first-order valence-electron chi connectivity index (χ1n) is 8.18. The van der Waals surface area contributed by atoms with Crippen molar-refractivity contribution in [2.24, 2.45) is 0 Å².